The van der Waals surface area contributed by atoms with Crippen LogP contribution in [-0.4, -0.2) is 17.2 Å². The minimum absolute atomic E-state index is 0.0540. The van der Waals surface area contributed by atoms with Crippen LogP contribution in [0.2, 0.25) is 0 Å². The molecule has 2 N–H and O–H groups in total. The van der Waals surface area contributed by atoms with Gasteiger partial charge < -0.3 is 10.0 Å². The molecule has 1 aromatic rings. The average Bonchev–Trinajstić information content (AvgIpc) is 2.99. The third-order valence-electron chi connectivity index (χ3n) is 3.11. The second-order valence-electron chi connectivity index (χ2n) is 4.43. The molecule has 2 nitrogen and oxygen atoms in total. The topological polar surface area (TPSA) is 40.5 Å². The molecule has 0 bridgehead atoms. The highest BCUT2D eigenvalue weighted by Crippen LogP contribution is 2.43. The molecule has 1 aromatic carbocycles. The highest BCUT2D eigenvalue weighted by atomic mass is 19.4. The van der Waals surface area contributed by atoms with Crippen LogP contribution in [0.25, 0.3) is 0 Å². The lowest BCUT2D eigenvalue weighted by molar-refractivity contribution is -0.137. The van der Waals surface area contributed by atoms with E-state index in [1.165, 1.54) is 0 Å². The van der Waals surface area contributed by atoms with Crippen molar-refractivity contribution in [2.24, 2.45) is 0 Å². The van der Waals surface area contributed by atoms with Crippen molar-refractivity contribution in [3.05, 3.63) is 28.8 Å². The van der Waals surface area contributed by atoms with E-state index < -0.39 is 18.9 Å². The molecule has 2 rings (SSSR count). The van der Waals surface area contributed by atoms with Gasteiger partial charge in [0.2, 0.25) is 0 Å². The molecule has 1 aliphatic carbocycles. The van der Waals surface area contributed by atoms with Gasteiger partial charge in [0, 0.05) is 0 Å². The molecule has 0 atom stereocenters. The highest BCUT2D eigenvalue weighted by Gasteiger charge is 2.35. The molecular formula is C11H12BF3O2. The van der Waals surface area contributed by atoms with Gasteiger partial charge in [-0.2, -0.15) is 13.2 Å². The molecule has 0 spiro atoms. The Hall–Kier alpha value is -1.01. The summed E-state index contributed by atoms with van der Waals surface area (Å²) < 4.78 is 38.0. The second kappa shape index (κ2) is 4.03. The van der Waals surface area contributed by atoms with Crippen molar-refractivity contribution < 1.29 is 23.2 Å². The van der Waals surface area contributed by atoms with Gasteiger partial charge in [-0.25, -0.2) is 0 Å². The Balaban J connectivity index is 2.56. The Morgan fingerprint density at radius 3 is 2.24 bits per heavy atom. The molecule has 1 aliphatic rings. The van der Waals surface area contributed by atoms with Crippen LogP contribution in [0.15, 0.2) is 12.1 Å². The summed E-state index contributed by atoms with van der Waals surface area (Å²) in [6.45, 7) is 1.63. The first kappa shape index (κ1) is 12.5. The standard InChI is InChI=1S/C11H12BF3O2/c1-6-9(7-2-3-7)4-8(11(13,14)15)5-10(6)12(16)17/h4-5,7,16-17H,2-3H2,1H3. The zero-order chi connectivity index (χ0) is 12.8. The maximum atomic E-state index is 12.7. The maximum absolute atomic E-state index is 12.7. The summed E-state index contributed by atoms with van der Waals surface area (Å²) >= 11 is 0. The van der Waals surface area contributed by atoms with Gasteiger partial charge in [0.05, 0.1) is 5.56 Å². The van der Waals surface area contributed by atoms with Crippen molar-refractivity contribution in [1.82, 2.24) is 0 Å². The van der Waals surface area contributed by atoms with E-state index in [0.717, 1.165) is 25.0 Å². The van der Waals surface area contributed by atoms with E-state index in [-0.39, 0.29) is 11.4 Å². The van der Waals surface area contributed by atoms with Gasteiger partial charge in [-0.15, -0.1) is 0 Å². The zero-order valence-electron chi connectivity index (χ0n) is 9.25. The van der Waals surface area contributed by atoms with Gasteiger partial charge >= 0.3 is 13.3 Å². The Kier molecular flexibility index (Phi) is 2.95. The SMILES string of the molecule is Cc1c(B(O)O)cc(C(F)(F)F)cc1C1CC1. The normalized spacial score (nSPS) is 16.1. The fourth-order valence-corrected chi connectivity index (χ4v) is 2.01. The van der Waals surface area contributed by atoms with E-state index in [2.05, 4.69) is 0 Å². The molecule has 0 unspecified atom stereocenters. The molecule has 1 fully saturated rings. The summed E-state index contributed by atoms with van der Waals surface area (Å²) in [7, 11) is -1.87. The quantitative estimate of drug-likeness (QED) is 0.775. The van der Waals surface area contributed by atoms with Crippen LogP contribution in [0, 0.1) is 6.92 Å². The Labute approximate surface area is 97.2 Å². The van der Waals surface area contributed by atoms with Crippen LogP contribution < -0.4 is 5.46 Å². The fourth-order valence-electron chi connectivity index (χ4n) is 2.01. The minimum Gasteiger partial charge on any atom is -0.423 e. The van der Waals surface area contributed by atoms with Gasteiger partial charge in [0.1, 0.15) is 0 Å². The lowest BCUT2D eigenvalue weighted by atomic mass is 9.74. The van der Waals surface area contributed by atoms with Gasteiger partial charge in [0.25, 0.3) is 0 Å². The molecule has 0 amide bonds. The predicted molar refractivity (Wildman–Crippen MR) is 58.0 cm³/mol. The lowest BCUT2D eigenvalue weighted by Gasteiger charge is -2.15. The first-order chi connectivity index (χ1) is 7.80. The molecule has 6 heteroatoms. The monoisotopic (exact) mass is 244 g/mol. The van der Waals surface area contributed by atoms with Crippen LogP contribution in [0.5, 0.6) is 0 Å². The number of halogens is 3. The number of alkyl halides is 3. The van der Waals surface area contributed by atoms with E-state index >= 15 is 0 Å². The first-order valence-electron chi connectivity index (χ1n) is 5.38. The van der Waals surface area contributed by atoms with E-state index in [1.54, 1.807) is 6.92 Å². The summed E-state index contributed by atoms with van der Waals surface area (Å²) in [5, 5.41) is 18.2. The van der Waals surface area contributed by atoms with Crippen LogP contribution in [0.1, 0.15) is 35.4 Å². The molecule has 0 saturated heterocycles. The highest BCUT2D eigenvalue weighted by molar-refractivity contribution is 6.59. The third-order valence-corrected chi connectivity index (χ3v) is 3.11. The molecule has 17 heavy (non-hydrogen) atoms. The van der Waals surface area contributed by atoms with Gasteiger partial charge in [-0.1, -0.05) is 0 Å². The predicted octanol–water partition coefficient (Wildman–Crippen LogP) is 1.57. The van der Waals surface area contributed by atoms with Crippen molar-refractivity contribution in [2.45, 2.75) is 31.9 Å². The van der Waals surface area contributed by atoms with Crippen molar-refractivity contribution >= 4 is 12.6 Å². The zero-order valence-corrected chi connectivity index (χ0v) is 9.25. The molecule has 0 heterocycles. The first-order valence-corrected chi connectivity index (χ1v) is 5.38. The molecule has 0 radical (unpaired) electrons. The minimum atomic E-state index is -4.46. The molecule has 0 aliphatic heterocycles. The Morgan fingerprint density at radius 1 is 1.24 bits per heavy atom. The Morgan fingerprint density at radius 2 is 1.82 bits per heavy atom. The van der Waals surface area contributed by atoms with Crippen molar-refractivity contribution in [1.29, 1.82) is 0 Å². The van der Waals surface area contributed by atoms with E-state index in [4.69, 9.17) is 10.0 Å². The smallest absolute Gasteiger partial charge is 0.423 e. The number of benzene rings is 1. The van der Waals surface area contributed by atoms with Gasteiger partial charge in [-0.05, 0) is 54.4 Å². The Bertz CT molecular complexity index is 416. The van der Waals surface area contributed by atoms with Crippen LogP contribution >= 0.6 is 0 Å². The van der Waals surface area contributed by atoms with E-state index in [1.807, 2.05) is 0 Å². The van der Waals surface area contributed by atoms with E-state index in [0.29, 0.717) is 11.1 Å². The summed E-state index contributed by atoms with van der Waals surface area (Å²) in [6.07, 6.45) is -2.73. The number of rotatable bonds is 2. The number of hydrogen-bond acceptors (Lipinski definition) is 2. The van der Waals surface area contributed by atoms with Gasteiger partial charge in [-0.3, -0.25) is 0 Å². The molecule has 92 valence electrons. The van der Waals surface area contributed by atoms with Crippen molar-refractivity contribution in [3.63, 3.8) is 0 Å². The van der Waals surface area contributed by atoms with Crippen molar-refractivity contribution in [2.75, 3.05) is 0 Å². The summed E-state index contributed by atoms with van der Waals surface area (Å²) in [5.41, 5.74) is 0.272. The van der Waals surface area contributed by atoms with E-state index in [9.17, 15) is 13.2 Å². The summed E-state index contributed by atoms with van der Waals surface area (Å²) in [4.78, 5) is 0. The third kappa shape index (κ3) is 2.47. The maximum Gasteiger partial charge on any atom is 0.488 e. The lowest BCUT2D eigenvalue weighted by Crippen LogP contribution is -2.34. The largest absolute Gasteiger partial charge is 0.488 e. The average molecular weight is 244 g/mol. The van der Waals surface area contributed by atoms with Crippen LogP contribution in [0.4, 0.5) is 13.2 Å². The molecular weight excluding hydrogens is 232 g/mol. The van der Waals surface area contributed by atoms with Crippen LogP contribution in [0.3, 0.4) is 0 Å². The number of hydrogen-bond donors (Lipinski definition) is 2. The molecule has 0 aromatic heterocycles. The summed E-state index contributed by atoms with van der Waals surface area (Å²) in [6, 6.07) is 1.94. The second-order valence-corrected chi connectivity index (χ2v) is 4.43. The van der Waals surface area contributed by atoms with Crippen molar-refractivity contribution in [3.8, 4) is 0 Å². The summed E-state index contributed by atoms with van der Waals surface area (Å²) in [5.74, 6) is 0.134. The van der Waals surface area contributed by atoms with Crippen LogP contribution in [-0.2, 0) is 6.18 Å². The fraction of sp³-hybridized carbons (Fsp3) is 0.455. The van der Waals surface area contributed by atoms with Gasteiger partial charge in [0.15, 0.2) is 0 Å². The molecule has 1 saturated carbocycles.